The van der Waals surface area contributed by atoms with E-state index in [1.165, 1.54) is 55.0 Å². The average molecular weight is 389 g/mol. The smallest absolute Gasteiger partial charge is 0.128 e. The third-order valence-electron chi connectivity index (χ3n) is 7.86. The van der Waals surface area contributed by atoms with Crippen molar-refractivity contribution in [3.05, 3.63) is 71.7 Å². The predicted molar refractivity (Wildman–Crippen MR) is 115 cm³/mol. The molecule has 150 valence electrons. The van der Waals surface area contributed by atoms with Crippen molar-refractivity contribution in [3.8, 4) is 0 Å². The zero-order valence-corrected chi connectivity index (χ0v) is 16.9. The first kappa shape index (κ1) is 17.7. The summed E-state index contributed by atoms with van der Waals surface area (Å²) in [6, 6.07) is 15.7. The maximum Gasteiger partial charge on any atom is 0.128 e. The third-order valence-corrected chi connectivity index (χ3v) is 7.86. The van der Waals surface area contributed by atoms with Gasteiger partial charge in [0.25, 0.3) is 0 Å². The molecule has 0 spiro atoms. The molecule has 2 aromatic carbocycles. The van der Waals surface area contributed by atoms with Crippen LogP contribution in [0.15, 0.2) is 54.7 Å². The molecule has 0 atom stereocenters. The molecule has 4 saturated carbocycles. The van der Waals surface area contributed by atoms with E-state index in [0.29, 0.717) is 12.1 Å². The summed E-state index contributed by atoms with van der Waals surface area (Å²) in [4.78, 5) is 0. The maximum atomic E-state index is 14.2. The molecule has 4 aliphatic carbocycles. The predicted octanol–water partition coefficient (Wildman–Crippen LogP) is 5.89. The van der Waals surface area contributed by atoms with Gasteiger partial charge in [-0.15, -0.1) is 0 Å². The van der Waals surface area contributed by atoms with Crippen LogP contribution in [0.3, 0.4) is 0 Å². The van der Waals surface area contributed by atoms with Gasteiger partial charge < -0.3 is 9.88 Å². The molecule has 7 rings (SSSR count). The lowest BCUT2D eigenvalue weighted by Crippen LogP contribution is -2.58. The minimum atomic E-state index is -0.126. The largest absolute Gasteiger partial charge is 0.343 e. The van der Waals surface area contributed by atoms with Gasteiger partial charge in [-0.25, -0.2) is 4.39 Å². The molecule has 3 heteroatoms. The molecule has 2 nitrogen and oxygen atoms in total. The van der Waals surface area contributed by atoms with E-state index in [0.717, 1.165) is 29.9 Å². The van der Waals surface area contributed by atoms with Gasteiger partial charge in [0, 0.05) is 34.7 Å². The number of rotatable bonds is 5. The van der Waals surface area contributed by atoms with Crippen molar-refractivity contribution in [2.75, 3.05) is 0 Å². The molecule has 4 bridgehead atoms. The number of nitrogens with zero attached hydrogens (tertiary/aromatic N) is 1. The van der Waals surface area contributed by atoms with Crippen molar-refractivity contribution in [2.24, 2.45) is 17.8 Å². The molecule has 0 amide bonds. The number of para-hydroxylation sites is 1. The Morgan fingerprint density at radius 1 is 0.862 bits per heavy atom. The lowest BCUT2D eigenvalue weighted by molar-refractivity contribution is -0.0205. The Morgan fingerprint density at radius 3 is 2.24 bits per heavy atom. The van der Waals surface area contributed by atoms with Crippen molar-refractivity contribution in [1.29, 1.82) is 0 Å². The molecule has 0 radical (unpaired) electrons. The summed E-state index contributed by atoms with van der Waals surface area (Å²) in [5, 5.41) is 5.33. The number of fused-ring (bicyclic) bond motifs is 1. The molecular weight excluding hydrogens is 359 g/mol. The van der Waals surface area contributed by atoms with E-state index in [1.807, 2.05) is 12.1 Å². The van der Waals surface area contributed by atoms with Crippen LogP contribution >= 0.6 is 0 Å². The number of halogens is 1. The molecule has 1 aromatic heterocycles. The molecule has 29 heavy (non-hydrogen) atoms. The van der Waals surface area contributed by atoms with Crippen LogP contribution < -0.4 is 5.32 Å². The van der Waals surface area contributed by atoms with Crippen LogP contribution in [0.2, 0.25) is 0 Å². The zero-order chi connectivity index (χ0) is 19.4. The van der Waals surface area contributed by atoms with Crippen LogP contribution in [0.5, 0.6) is 0 Å². The van der Waals surface area contributed by atoms with Crippen LogP contribution in [0.25, 0.3) is 10.9 Å². The molecule has 1 heterocycles. The number of nitrogens with one attached hydrogen (secondary N) is 1. The number of benzene rings is 2. The van der Waals surface area contributed by atoms with Gasteiger partial charge in [0.2, 0.25) is 0 Å². The van der Waals surface area contributed by atoms with E-state index in [4.69, 9.17) is 0 Å². The van der Waals surface area contributed by atoms with Crippen LogP contribution in [0.1, 0.15) is 49.7 Å². The maximum absolute atomic E-state index is 14.2. The van der Waals surface area contributed by atoms with Crippen molar-refractivity contribution in [1.82, 2.24) is 9.88 Å². The lowest BCUT2D eigenvalue weighted by Gasteiger charge is -2.57. The van der Waals surface area contributed by atoms with E-state index < -0.39 is 0 Å². The molecule has 0 unspecified atom stereocenters. The minimum absolute atomic E-state index is 0.126. The van der Waals surface area contributed by atoms with E-state index in [2.05, 4.69) is 40.3 Å². The summed E-state index contributed by atoms with van der Waals surface area (Å²) >= 11 is 0. The van der Waals surface area contributed by atoms with Crippen LogP contribution in [0, 0.1) is 23.6 Å². The fourth-order valence-electron chi connectivity index (χ4n) is 7.01. The number of hydrogen-bond donors (Lipinski definition) is 1. The van der Waals surface area contributed by atoms with Gasteiger partial charge in [0.05, 0.1) is 6.54 Å². The summed E-state index contributed by atoms with van der Waals surface area (Å²) in [7, 11) is 0. The third kappa shape index (κ3) is 3.11. The van der Waals surface area contributed by atoms with Gasteiger partial charge in [-0.2, -0.15) is 0 Å². The van der Waals surface area contributed by atoms with Crippen LogP contribution in [-0.4, -0.2) is 10.1 Å². The monoisotopic (exact) mass is 388 g/mol. The molecule has 1 N–H and O–H groups in total. The average Bonchev–Trinajstić information content (AvgIpc) is 3.05. The van der Waals surface area contributed by atoms with Crippen molar-refractivity contribution in [3.63, 3.8) is 0 Å². The highest BCUT2D eigenvalue weighted by Crippen LogP contribution is 2.55. The van der Waals surface area contributed by atoms with E-state index >= 15 is 0 Å². The Hall–Kier alpha value is -2.13. The molecule has 0 saturated heterocycles. The van der Waals surface area contributed by atoms with Crippen molar-refractivity contribution in [2.45, 2.75) is 57.2 Å². The molecule has 3 aromatic rings. The molecule has 0 aliphatic heterocycles. The Labute approximate surface area is 172 Å². The Balaban J connectivity index is 1.28. The number of aromatic nitrogens is 1. The fourth-order valence-corrected chi connectivity index (χ4v) is 7.01. The quantitative estimate of drug-likeness (QED) is 0.577. The zero-order valence-electron chi connectivity index (χ0n) is 16.9. The van der Waals surface area contributed by atoms with E-state index in [9.17, 15) is 4.39 Å². The standard InChI is InChI=1S/C26H29FN2/c27-24-7-3-1-5-21(24)16-29-17-22(23-6-2-4-8-25(23)29)15-28-26-12-18-9-19(13-26)11-20(10-18)14-26/h1-8,17-20,28H,9-16H2. The van der Waals surface area contributed by atoms with Gasteiger partial charge >= 0.3 is 0 Å². The normalized spacial score (nSPS) is 30.3. The number of hydrogen-bond acceptors (Lipinski definition) is 1. The van der Waals surface area contributed by atoms with Gasteiger partial charge in [0.1, 0.15) is 5.82 Å². The van der Waals surface area contributed by atoms with Crippen LogP contribution in [0.4, 0.5) is 4.39 Å². The summed E-state index contributed by atoms with van der Waals surface area (Å²) < 4.78 is 16.4. The van der Waals surface area contributed by atoms with E-state index in [-0.39, 0.29) is 5.82 Å². The van der Waals surface area contributed by atoms with Gasteiger partial charge in [-0.1, -0.05) is 36.4 Å². The Morgan fingerprint density at radius 2 is 1.52 bits per heavy atom. The first-order valence-electron chi connectivity index (χ1n) is 11.2. The lowest BCUT2D eigenvalue weighted by atomic mass is 9.53. The van der Waals surface area contributed by atoms with Gasteiger partial charge in [0.15, 0.2) is 0 Å². The topological polar surface area (TPSA) is 17.0 Å². The van der Waals surface area contributed by atoms with Crippen LogP contribution in [-0.2, 0) is 13.1 Å². The van der Waals surface area contributed by atoms with E-state index in [1.54, 1.807) is 12.1 Å². The summed E-state index contributed by atoms with van der Waals surface area (Å²) in [6.07, 6.45) is 10.8. The van der Waals surface area contributed by atoms with Gasteiger partial charge in [-0.3, -0.25) is 0 Å². The Bertz CT molecular complexity index is 1010. The first-order valence-corrected chi connectivity index (χ1v) is 11.2. The highest BCUT2D eigenvalue weighted by atomic mass is 19.1. The molecule has 4 fully saturated rings. The van der Waals surface area contributed by atoms with Crippen molar-refractivity contribution >= 4 is 10.9 Å². The van der Waals surface area contributed by atoms with Crippen molar-refractivity contribution < 1.29 is 4.39 Å². The SMILES string of the molecule is Fc1ccccc1Cn1cc(CNC23CC4CC(CC(C4)C2)C3)c2ccccc21. The Kier molecular flexibility index (Phi) is 4.09. The summed E-state index contributed by atoms with van der Waals surface area (Å²) in [5.74, 6) is 2.74. The highest BCUT2D eigenvalue weighted by Gasteiger charge is 2.50. The molecule has 4 aliphatic rings. The summed E-state index contributed by atoms with van der Waals surface area (Å²) in [5.41, 5.74) is 3.64. The second-order valence-corrected chi connectivity index (χ2v) is 9.94. The second kappa shape index (κ2) is 6.70. The first-order chi connectivity index (χ1) is 14.2. The highest BCUT2D eigenvalue weighted by molar-refractivity contribution is 5.84. The minimum Gasteiger partial charge on any atom is -0.343 e. The second-order valence-electron chi connectivity index (χ2n) is 9.94. The van der Waals surface area contributed by atoms with Gasteiger partial charge in [-0.05, 0) is 74.0 Å². The molecular formula is C26H29FN2. The summed E-state index contributed by atoms with van der Waals surface area (Å²) in [6.45, 7) is 1.49. The fraction of sp³-hybridized carbons (Fsp3) is 0.462.